The first-order chi connectivity index (χ1) is 10.6. The minimum Gasteiger partial charge on any atom is -0.391 e. The second-order valence-electron chi connectivity index (χ2n) is 4.38. The fourth-order valence-corrected chi connectivity index (χ4v) is 2.08. The van der Waals surface area contributed by atoms with E-state index in [9.17, 15) is 5.11 Å². The smallest absolute Gasteiger partial charge is 0.226 e. The number of aliphatic hydroxyl groups excluding tert-OH is 1. The predicted molar refractivity (Wildman–Crippen MR) is 77.5 cm³/mol. The van der Waals surface area contributed by atoms with Gasteiger partial charge in [0.05, 0.1) is 12.7 Å². The Morgan fingerprint density at radius 1 is 1.04 bits per heavy atom. The maximum Gasteiger partial charge on any atom is 0.226 e. The molecule has 0 bridgehead atoms. The number of nitrogens with zero attached hydrogens (tertiary/aromatic N) is 6. The molecule has 0 aliphatic rings. The fourth-order valence-electron chi connectivity index (χ4n) is 1.69. The van der Waals surface area contributed by atoms with Gasteiger partial charge in [0, 0.05) is 64.2 Å². The van der Waals surface area contributed by atoms with Crippen LogP contribution in [0.15, 0.2) is 0 Å². The van der Waals surface area contributed by atoms with E-state index in [2.05, 4.69) is 36.2 Å². The van der Waals surface area contributed by atoms with E-state index < -0.39 is 6.10 Å². The van der Waals surface area contributed by atoms with E-state index in [1.54, 1.807) is 0 Å². The molecule has 0 aromatic carbocycles. The van der Waals surface area contributed by atoms with Crippen LogP contribution < -0.4 is 0 Å². The molecular weight excluding hydrogens is 420 g/mol. The van der Waals surface area contributed by atoms with Gasteiger partial charge < -0.3 is 24.8 Å². The van der Waals surface area contributed by atoms with Gasteiger partial charge in [-0.15, -0.1) is 0 Å². The quantitative estimate of drug-likeness (QED) is 0.637. The van der Waals surface area contributed by atoms with Gasteiger partial charge in [0.15, 0.2) is 0 Å². The molecule has 8 nitrogen and oxygen atoms in total. The normalized spacial score (nSPS) is 11.8. The van der Waals surface area contributed by atoms with Crippen molar-refractivity contribution in [2.75, 3.05) is 13.7 Å². The third-order valence-corrected chi connectivity index (χ3v) is 2.96. The molecule has 0 aliphatic heterocycles. The van der Waals surface area contributed by atoms with E-state index in [1.807, 2.05) is 0 Å². The van der Waals surface area contributed by atoms with E-state index >= 15 is 0 Å². The summed E-state index contributed by atoms with van der Waals surface area (Å²) in [6.07, 6.45) is 3.15. The summed E-state index contributed by atoms with van der Waals surface area (Å²) in [6.45, 7) is 0.267. The van der Waals surface area contributed by atoms with Crippen molar-refractivity contribution in [2.24, 2.45) is 0 Å². The number of rotatable bonds is 7. The molecule has 2 heterocycles. The summed E-state index contributed by atoms with van der Waals surface area (Å²) < 4.78 is 4.86. The molecule has 1 N–H and O–H groups in total. The average Bonchev–Trinajstić information content (AvgIpc) is 2.45. The Hall–Kier alpha value is -0.376. The Kier molecular flexibility index (Phi) is 9.42. The number of ether oxygens (including phenoxy) is 1. The van der Waals surface area contributed by atoms with Crippen LogP contribution in [0, 0.1) is 6.33 Å². The number of hydrogen-bond donors (Lipinski definition) is 1. The summed E-state index contributed by atoms with van der Waals surface area (Å²) >= 11 is 11.4. The van der Waals surface area contributed by atoms with Gasteiger partial charge in [-0.2, -0.15) is 4.98 Å². The molecule has 23 heavy (non-hydrogen) atoms. The van der Waals surface area contributed by atoms with E-state index in [-0.39, 0.29) is 56.3 Å². The monoisotopic (exact) mass is 432 g/mol. The van der Waals surface area contributed by atoms with Gasteiger partial charge in [-0.05, 0) is 36.0 Å². The summed E-state index contributed by atoms with van der Waals surface area (Å²) in [6, 6.07) is 0. The molecule has 0 spiro atoms. The van der Waals surface area contributed by atoms with Gasteiger partial charge in [-0.3, -0.25) is 0 Å². The van der Waals surface area contributed by atoms with Crippen LogP contribution in [0.3, 0.4) is 0 Å². The van der Waals surface area contributed by atoms with Gasteiger partial charge in [0.1, 0.15) is 5.82 Å². The number of halogens is 2. The van der Waals surface area contributed by atoms with Gasteiger partial charge in [-0.1, -0.05) is 0 Å². The predicted octanol–water partition coefficient (Wildman–Crippen LogP) is 0.692. The molecule has 0 amide bonds. The molecular formula is C12H13Cl2N6O2Y-. The van der Waals surface area contributed by atoms with Crippen LogP contribution >= 0.6 is 23.2 Å². The Morgan fingerprint density at radius 2 is 1.70 bits per heavy atom. The molecule has 0 saturated heterocycles. The molecule has 121 valence electrons. The van der Waals surface area contributed by atoms with E-state index in [0.29, 0.717) is 30.3 Å². The van der Waals surface area contributed by atoms with Gasteiger partial charge in [0.25, 0.3) is 0 Å². The Bertz CT molecular complexity index is 616. The van der Waals surface area contributed by atoms with Crippen molar-refractivity contribution in [3.63, 3.8) is 0 Å². The molecule has 1 radical (unpaired) electrons. The Balaban J connectivity index is 0.00000264. The van der Waals surface area contributed by atoms with Crippen LogP contribution in [0.5, 0.6) is 0 Å². The second-order valence-corrected chi connectivity index (χ2v) is 5.06. The molecule has 1 atom stereocenters. The Labute approximate surface area is 168 Å². The van der Waals surface area contributed by atoms with E-state index in [1.165, 1.54) is 7.11 Å². The molecule has 0 fully saturated rings. The fraction of sp³-hybridized carbons (Fsp3) is 0.500. The zero-order valence-corrected chi connectivity index (χ0v) is 16.6. The molecule has 2 aromatic heterocycles. The first kappa shape index (κ1) is 20.7. The van der Waals surface area contributed by atoms with Crippen molar-refractivity contribution >= 4 is 23.2 Å². The first-order valence-electron chi connectivity index (χ1n) is 6.39. The third kappa shape index (κ3) is 7.37. The van der Waals surface area contributed by atoms with Crippen LogP contribution in [0.1, 0.15) is 23.9 Å². The molecule has 0 aliphatic carbocycles. The summed E-state index contributed by atoms with van der Waals surface area (Å²) in [5, 5.41) is 9.63. The van der Waals surface area contributed by atoms with E-state index in [0.717, 1.165) is 0 Å². The zero-order chi connectivity index (χ0) is 15.9. The van der Waals surface area contributed by atoms with Crippen LogP contribution in [-0.4, -0.2) is 54.8 Å². The summed E-state index contributed by atoms with van der Waals surface area (Å²) in [4.78, 5) is 23.7. The minimum absolute atomic E-state index is 0. The topological polar surface area (TPSA) is 107 Å². The van der Waals surface area contributed by atoms with Crippen molar-refractivity contribution in [1.29, 1.82) is 0 Å². The largest absolute Gasteiger partial charge is 0.391 e. The van der Waals surface area contributed by atoms with Crippen LogP contribution in [0.4, 0.5) is 0 Å². The van der Waals surface area contributed by atoms with Crippen molar-refractivity contribution < 1.29 is 42.6 Å². The van der Waals surface area contributed by atoms with Crippen molar-refractivity contribution in [2.45, 2.75) is 25.4 Å². The van der Waals surface area contributed by atoms with Gasteiger partial charge in [0.2, 0.25) is 10.6 Å². The zero-order valence-electron chi connectivity index (χ0n) is 12.3. The summed E-state index contributed by atoms with van der Waals surface area (Å²) in [5.74, 6) is 1.31. The van der Waals surface area contributed by atoms with Crippen LogP contribution in [0.25, 0.3) is 0 Å². The van der Waals surface area contributed by atoms with Gasteiger partial charge in [-0.25, -0.2) is 9.97 Å². The number of aryl methyl sites for hydroxylation is 1. The van der Waals surface area contributed by atoms with E-state index in [4.69, 9.17) is 27.9 Å². The summed E-state index contributed by atoms with van der Waals surface area (Å²) in [7, 11) is 1.53. The minimum atomic E-state index is -0.564. The first-order valence-corrected chi connectivity index (χ1v) is 7.15. The van der Waals surface area contributed by atoms with Crippen molar-refractivity contribution in [1.82, 2.24) is 29.9 Å². The second kappa shape index (κ2) is 10.5. The maximum absolute atomic E-state index is 9.61. The number of aliphatic hydroxyl groups is 1. The number of hydrogen-bond acceptors (Lipinski definition) is 8. The van der Waals surface area contributed by atoms with Gasteiger partial charge >= 0.3 is 0 Å². The average molecular weight is 433 g/mol. The standard InChI is InChI=1S/C12H13Cl2N6O2.Y/c1-22-5-7(21)2-3-8-15-6-16-9(17-8)4-10-18-11(13)20-12(14)19-10;/h7,21H,2-5H2,1H3;/q-1;. The molecule has 1 unspecified atom stereocenters. The third-order valence-electron chi connectivity index (χ3n) is 2.62. The SMILES string of the molecule is COCC(O)CCc1n[c-]nc(Cc2nc(Cl)nc(Cl)n2)n1.[Y]. The number of methoxy groups -OCH3 is 1. The molecule has 11 heteroatoms. The summed E-state index contributed by atoms with van der Waals surface area (Å²) in [5.41, 5.74) is 0. The molecule has 2 rings (SSSR count). The van der Waals surface area contributed by atoms with Crippen molar-refractivity contribution in [3.05, 3.63) is 34.4 Å². The van der Waals surface area contributed by atoms with Crippen LogP contribution in [0.2, 0.25) is 10.6 Å². The molecule has 0 saturated carbocycles. The molecule has 2 aromatic rings. The van der Waals surface area contributed by atoms with Crippen LogP contribution in [-0.2, 0) is 50.3 Å². The Morgan fingerprint density at radius 3 is 2.35 bits per heavy atom. The maximum atomic E-state index is 9.61. The van der Waals surface area contributed by atoms with Crippen molar-refractivity contribution in [3.8, 4) is 0 Å². The number of aromatic nitrogens is 6.